The van der Waals surface area contributed by atoms with E-state index in [1.807, 2.05) is 24.3 Å². The van der Waals surface area contributed by atoms with Gasteiger partial charge in [0.25, 0.3) is 0 Å². The van der Waals surface area contributed by atoms with Gasteiger partial charge < -0.3 is 9.15 Å². The molecule has 2 aromatic rings. The third-order valence-electron chi connectivity index (χ3n) is 2.06. The predicted octanol–water partition coefficient (Wildman–Crippen LogP) is 2.35. The lowest BCUT2D eigenvalue weighted by molar-refractivity contribution is -0.136. The van der Waals surface area contributed by atoms with Gasteiger partial charge in [-0.05, 0) is 19.1 Å². The summed E-state index contributed by atoms with van der Waals surface area (Å²) in [5, 5.41) is 0.902. The molecular weight excluding hydrogens is 204 g/mol. The van der Waals surface area contributed by atoms with E-state index in [2.05, 4.69) is 11.8 Å². The largest absolute Gasteiger partial charge is 0.463 e. The van der Waals surface area contributed by atoms with Crippen LogP contribution in [0.3, 0.4) is 0 Å². The maximum atomic E-state index is 11.0. The van der Waals surface area contributed by atoms with Crippen molar-refractivity contribution in [1.82, 2.24) is 0 Å². The zero-order valence-electron chi connectivity index (χ0n) is 8.82. The van der Waals surface area contributed by atoms with Gasteiger partial charge in [0, 0.05) is 11.3 Å². The average molecular weight is 214 g/mol. The Labute approximate surface area is 93.0 Å². The van der Waals surface area contributed by atoms with Crippen LogP contribution in [0.4, 0.5) is 0 Å². The maximum Gasteiger partial charge on any atom is 0.384 e. The van der Waals surface area contributed by atoms with Gasteiger partial charge in [0.1, 0.15) is 11.8 Å². The minimum atomic E-state index is -0.521. The topological polar surface area (TPSA) is 39.4 Å². The first kappa shape index (κ1) is 10.3. The average Bonchev–Trinajstić information content (AvgIpc) is 2.70. The van der Waals surface area contributed by atoms with E-state index in [1.54, 1.807) is 6.92 Å². The van der Waals surface area contributed by atoms with Gasteiger partial charge in [-0.3, -0.25) is 0 Å². The number of benzene rings is 1. The Bertz CT molecular complexity index is 569. The molecule has 0 aliphatic carbocycles. The van der Waals surface area contributed by atoms with Gasteiger partial charge >= 0.3 is 5.97 Å². The molecule has 0 spiro atoms. The van der Waals surface area contributed by atoms with Crippen molar-refractivity contribution in [2.75, 3.05) is 6.61 Å². The van der Waals surface area contributed by atoms with Crippen LogP contribution >= 0.6 is 0 Å². The fourth-order valence-electron chi connectivity index (χ4n) is 1.36. The van der Waals surface area contributed by atoms with E-state index in [4.69, 9.17) is 9.15 Å². The maximum absolute atomic E-state index is 11.0. The van der Waals surface area contributed by atoms with Gasteiger partial charge in [0.2, 0.25) is 0 Å². The Morgan fingerprint density at radius 1 is 1.44 bits per heavy atom. The predicted molar refractivity (Wildman–Crippen MR) is 59.7 cm³/mol. The van der Waals surface area contributed by atoms with Crippen molar-refractivity contribution >= 4 is 16.9 Å². The highest BCUT2D eigenvalue weighted by atomic mass is 16.5. The van der Waals surface area contributed by atoms with Crippen molar-refractivity contribution in [3.8, 4) is 11.8 Å². The summed E-state index contributed by atoms with van der Waals surface area (Å²) in [6.45, 7) is 2.08. The molecule has 2 rings (SSSR count). The summed E-state index contributed by atoms with van der Waals surface area (Å²) in [5.74, 6) is 4.62. The third-order valence-corrected chi connectivity index (χ3v) is 2.06. The smallest absolute Gasteiger partial charge is 0.384 e. The SMILES string of the molecule is CCOC(=O)C#Cc1coc2ccccc12. The van der Waals surface area contributed by atoms with Crippen LogP contribution in [-0.2, 0) is 9.53 Å². The number of hydrogen-bond donors (Lipinski definition) is 0. The molecule has 0 N–H and O–H groups in total. The standard InChI is InChI=1S/C13H10O3/c1-2-15-13(14)8-7-10-9-16-12-6-4-3-5-11(10)12/h3-6,9H,2H2,1H3. The molecule has 80 valence electrons. The first-order valence-corrected chi connectivity index (χ1v) is 4.96. The van der Waals surface area contributed by atoms with Gasteiger partial charge in [0.15, 0.2) is 0 Å². The number of carbonyl (C=O) groups excluding carboxylic acids is 1. The number of hydrogen-bond acceptors (Lipinski definition) is 3. The molecule has 0 aliphatic rings. The lowest BCUT2D eigenvalue weighted by atomic mass is 10.2. The van der Waals surface area contributed by atoms with Crippen LogP contribution < -0.4 is 0 Å². The van der Waals surface area contributed by atoms with Crippen LogP contribution in [0.25, 0.3) is 11.0 Å². The van der Waals surface area contributed by atoms with Crippen LogP contribution in [0.2, 0.25) is 0 Å². The summed E-state index contributed by atoms with van der Waals surface area (Å²) >= 11 is 0. The molecule has 0 atom stereocenters. The van der Waals surface area contributed by atoms with E-state index in [-0.39, 0.29) is 0 Å². The van der Waals surface area contributed by atoms with Gasteiger partial charge in [-0.1, -0.05) is 18.1 Å². The minimum absolute atomic E-state index is 0.333. The summed E-state index contributed by atoms with van der Waals surface area (Å²) in [5.41, 5.74) is 1.46. The summed E-state index contributed by atoms with van der Waals surface area (Å²) in [4.78, 5) is 11.0. The number of carbonyl (C=O) groups is 1. The van der Waals surface area contributed by atoms with Crippen molar-refractivity contribution in [2.45, 2.75) is 6.92 Å². The lowest BCUT2D eigenvalue weighted by Crippen LogP contribution is -1.99. The van der Waals surface area contributed by atoms with E-state index in [9.17, 15) is 4.79 Å². The third kappa shape index (κ3) is 2.06. The highest BCUT2D eigenvalue weighted by Gasteiger charge is 2.02. The van der Waals surface area contributed by atoms with E-state index in [0.717, 1.165) is 11.0 Å². The zero-order valence-corrected chi connectivity index (χ0v) is 8.82. The van der Waals surface area contributed by atoms with Crippen molar-refractivity contribution in [2.24, 2.45) is 0 Å². The lowest BCUT2D eigenvalue weighted by Gasteiger charge is -1.90. The number of esters is 1. The molecule has 0 unspecified atom stereocenters. The Kier molecular flexibility index (Phi) is 2.93. The first-order chi connectivity index (χ1) is 7.81. The van der Waals surface area contributed by atoms with Crippen LogP contribution in [0.5, 0.6) is 0 Å². The molecule has 0 aliphatic heterocycles. The van der Waals surface area contributed by atoms with E-state index >= 15 is 0 Å². The van der Waals surface area contributed by atoms with E-state index in [1.165, 1.54) is 6.26 Å². The monoisotopic (exact) mass is 214 g/mol. The number of para-hydroxylation sites is 1. The van der Waals surface area contributed by atoms with Crippen molar-refractivity contribution in [1.29, 1.82) is 0 Å². The Hall–Kier alpha value is -2.21. The molecule has 0 radical (unpaired) electrons. The quantitative estimate of drug-likeness (QED) is 0.540. The van der Waals surface area contributed by atoms with Gasteiger partial charge in [-0.25, -0.2) is 4.79 Å². The van der Waals surface area contributed by atoms with Gasteiger partial charge in [-0.15, -0.1) is 0 Å². The van der Waals surface area contributed by atoms with Crippen molar-refractivity contribution < 1.29 is 13.9 Å². The summed E-state index contributed by atoms with van der Waals surface area (Å²) in [6, 6.07) is 7.53. The second kappa shape index (κ2) is 4.54. The molecule has 0 saturated carbocycles. The molecule has 16 heavy (non-hydrogen) atoms. The van der Waals surface area contributed by atoms with Crippen LogP contribution in [0.15, 0.2) is 34.9 Å². The normalized spacial score (nSPS) is 9.56. The molecule has 3 nitrogen and oxygen atoms in total. The van der Waals surface area contributed by atoms with Gasteiger partial charge in [-0.2, -0.15) is 0 Å². The fourth-order valence-corrected chi connectivity index (χ4v) is 1.36. The second-order valence-corrected chi connectivity index (χ2v) is 3.12. The molecule has 1 heterocycles. The second-order valence-electron chi connectivity index (χ2n) is 3.12. The summed E-state index contributed by atoms with van der Waals surface area (Å²) in [6.07, 6.45) is 1.54. The summed E-state index contributed by atoms with van der Waals surface area (Å²) in [7, 11) is 0. The zero-order chi connectivity index (χ0) is 11.4. The Morgan fingerprint density at radius 2 is 2.25 bits per heavy atom. The Morgan fingerprint density at radius 3 is 3.06 bits per heavy atom. The van der Waals surface area contributed by atoms with Crippen LogP contribution in [-0.4, -0.2) is 12.6 Å². The van der Waals surface area contributed by atoms with Crippen molar-refractivity contribution in [3.05, 3.63) is 36.1 Å². The van der Waals surface area contributed by atoms with Crippen LogP contribution in [0, 0.1) is 11.8 Å². The molecule has 0 saturated heterocycles. The molecule has 1 aromatic heterocycles. The number of furan rings is 1. The fraction of sp³-hybridized carbons (Fsp3) is 0.154. The number of fused-ring (bicyclic) bond motifs is 1. The molecule has 0 amide bonds. The number of rotatable bonds is 1. The molecule has 1 aromatic carbocycles. The highest BCUT2D eigenvalue weighted by molar-refractivity contribution is 5.91. The van der Waals surface area contributed by atoms with Crippen molar-refractivity contribution in [3.63, 3.8) is 0 Å². The van der Waals surface area contributed by atoms with E-state index in [0.29, 0.717) is 12.2 Å². The van der Waals surface area contributed by atoms with Crippen LogP contribution in [0.1, 0.15) is 12.5 Å². The van der Waals surface area contributed by atoms with Gasteiger partial charge in [0.05, 0.1) is 12.2 Å². The van der Waals surface area contributed by atoms with E-state index < -0.39 is 5.97 Å². The minimum Gasteiger partial charge on any atom is -0.463 e. The first-order valence-electron chi connectivity index (χ1n) is 4.96. The molecule has 0 fully saturated rings. The molecular formula is C13H10O3. The molecule has 3 heteroatoms. The Balaban J connectivity index is 2.31. The number of ether oxygens (including phenoxy) is 1. The molecule has 0 bridgehead atoms. The summed E-state index contributed by atoms with van der Waals surface area (Å²) < 4.78 is 10.00. The highest BCUT2D eigenvalue weighted by Crippen LogP contribution is 2.19.